The van der Waals surface area contributed by atoms with Crippen molar-refractivity contribution in [3.05, 3.63) is 32.9 Å². The normalized spacial score (nSPS) is 31.1. The third-order valence-electron chi connectivity index (χ3n) is 4.32. The Labute approximate surface area is 149 Å². The van der Waals surface area contributed by atoms with Gasteiger partial charge in [0.2, 0.25) is 5.82 Å². The zero-order chi connectivity index (χ0) is 18.7. The maximum atomic E-state index is 13.5. The summed E-state index contributed by atoms with van der Waals surface area (Å²) in [6.07, 6.45) is 2.78. The minimum absolute atomic E-state index is 0.0199. The molecule has 1 aromatic heterocycles. The quantitative estimate of drug-likeness (QED) is 0.559. The Morgan fingerprint density at radius 3 is 2.92 bits per heavy atom. The molecular weight excluding hydrogens is 370 g/mol. The molecule has 0 aromatic carbocycles. The van der Waals surface area contributed by atoms with Gasteiger partial charge in [-0.3, -0.25) is 27.9 Å². The Hall–Kier alpha value is -1.32. The molecule has 0 amide bonds. The van der Waals surface area contributed by atoms with Crippen molar-refractivity contribution >= 4 is 7.82 Å². The highest BCUT2D eigenvalue weighted by molar-refractivity contribution is 7.48. The lowest BCUT2D eigenvalue weighted by molar-refractivity contribution is -0.0724. The highest BCUT2D eigenvalue weighted by Gasteiger charge is 2.47. The van der Waals surface area contributed by atoms with Gasteiger partial charge in [0.25, 0.3) is 5.56 Å². The molecular formula is C15H22FN2O7P. The number of phosphoric acid groups is 1. The predicted molar refractivity (Wildman–Crippen MR) is 88.3 cm³/mol. The molecule has 3 heterocycles. The van der Waals surface area contributed by atoms with Crippen LogP contribution in [0.1, 0.15) is 45.3 Å². The predicted octanol–water partition coefficient (Wildman–Crippen LogP) is 2.08. The van der Waals surface area contributed by atoms with E-state index >= 15 is 0 Å². The van der Waals surface area contributed by atoms with E-state index in [0.717, 1.165) is 36.4 Å². The second-order valence-electron chi connectivity index (χ2n) is 6.29. The minimum atomic E-state index is -3.68. The van der Waals surface area contributed by atoms with Crippen LogP contribution in [0.5, 0.6) is 0 Å². The summed E-state index contributed by atoms with van der Waals surface area (Å²) in [7, 11) is -3.68. The third kappa shape index (κ3) is 4.32. The second kappa shape index (κ2) is 8.14. The fourth-order valence-corrected chi connectivity index (χ4v) is 4.37. The Balaban J connectivity index is 1.61. The molecule has 26 heavy (non-hydrogen) atoms. The number of fused-ring (bicyclic) bond motifs is 1. The molecule has 1 aromatic rings. The van der Waals surface area contributed by atoms with E-state index in [4.69, 9.17) is 18.3 Å². The average molecular weight is 392 g/mol. The van der Waals surface area contributed by atoms with E-state index in [-0.39, 0.29) is 19.6 Å². The Kier molecular flexibility index (Phi) is 6.09. The number of hydrogen-bond donors (Lipinski definition) is 1. The highest BCUT2D eigenvalue weighted by atomic mass is 31.2. The third-order valence-corrected chi connectivity index (χ3v) is 5.82. The van der Waals surface area contributed by atoms with Gasteiger partial charge in [0.15, 0.2) is 0 Å². The molecule has 1 N–H and O–H groups in total. The van der Waals surface area contributed by atoms with Crippen LogP contribution in [0.25, 0.3) is 0 Å². The molecule has 3 rings (SSSR count). The van der Waals surface area contributed by atoms with Gasteiger partial charge in [-0.05, 0) is 6.42 Å². The molecule has 0 aliphatic carbocycles. The first kappa shape index (κ1) is 19.4. The van der Waals surface area contributed by atoms with E-state index in [1.807, 2.05) is 4.98 Å². The molecule has 0 saturated carbocycles. The van der Waals surface area contributed by atoms with Gasteiger partial charge in [0.1, 0.15) is 18.4 Å². The van der Waals surface area contributed by atoms with E-state index in [0.29, 0.717) is 0 Å². The van der Waals surface area contributed by atoms with Crippen LogP contribution in [0.2, 0.25) is 0 Å². The van der Waals surface area contributed by atoms with Gasteiger partial charge in [0.05, 0.1) is 19.4 Å². The van der Waals surface area contributed by atoms with Crippen molar-refractivity contribution in [1.29, 1.82) is 0 Å². The van der Waals surface area contributed by atoms with Gasteiger partial charge >= 0.3 is 13.5 Å². The van der Waals surface area contributed by atoms with Gasteiger partial charge in [-0.15, -0.1) is 0 Å². The number of aromatic amines is 1. The molecule has 0 bridgehead atoms. The van der Waals surface area contributed by atoms with Crippen LogP contribution >= 0.6 is 7.82 Å². The summed E-state index contributed by atoms with van der Waals surface area (Å²) in [4.78, 5) is 24.8. The van der Waals surface area contributed by atoms with Crippen LogP contribution < -0.4 is 11.2 Å². The monoisotopic (exact) mass is 392 g/mol. The smallest absolute Gasteiger partial charge is 0.349 e. The zero-order valence-corrected chi connectivity index (χ0v) is 15.3. The van der Waals surface area contributed by atoms with Crippen molar-refractivity contribution in [2.75, 3.05) is 13.2 Å². The number of nitrogens with zero attached hydrogens (tertiary/aromatic N) is 1. The first-order valence-electron chi connectivity index (χ1n) is 8.66. The molecule has 9 nitrogen and oxygen atoms in total. The lowest BCUT2D eigenvalue weighted by atomic mass is 10.2. The van der Waals surface area contributed by atoms with Crippen molar-refractivity contribution < 1.29 is 27.3 Å². The molecule has 2 saturated heterocycles. The maximum absolute atomic E-state index is 13.5. The van der Waals surface area contributed by atoms with Crippen LogP contribution in [-0.2, 0) is 22.9 Å². The number of aromatic nitrogens is 2. The molecule has 146 valence electrons. The number of unbranched alkanes of at least 4 members (excludes halogenated alkanes) is 3. The van der Waals surface area contributed by atoms with E-state index < -0.39 is 43.3 Å². The fourth-order valence-electron chi connectivity index (χ4n) is 2.94. The number of nitrogens with one attached hydrogen (secondary N) is 1. The van der Waals surface area contributed by atoms with Crippen molar-refractivity contribution in [1.82, 2.24) is 9.55 Å². The van der Waals surface area contributed by atoms with Crippen LogP contribution in [0.4, 0.5) is 4.39 Å². The largest absolute Gasteiger partial charge is 0.475 e. The van der Waals surface area contributed by atoms with Crippen molar-refractivity contribution in [2.24, 2.45) is 0 Å². The van der Waals surface area contributed by atoms with Crippen LogP contribution in [-0.4, -0.2) is 35.0 Å². The molecule has 11 heteroatoms. The lowest BCUT2D eigenvalue weighted by Crippen LogP contribution is -2.34. The summed E-state index contributed by atoms with van der Waals surface area (Å²) in [6.45, 7) is 2.34. The topological polar surface area (TPSA) is 109 Å². The highest BCUT2D eigenvalue weighted by Crippen LogP contribution is 2.56. The van der Waals surface area contributed by atoms with E-state index in [1.54, 1.807) is 0 Å². The van der Waals surface area contributed by atoms with Gasteiger partial charge in [-0.1, -0.05) is 26.2 Å². The maximum Gasteiger partial charge on any atom is 0.475 e. The van der Waals surface area contributed by atoms with E-state index in [1.165, 1.54) is 0 Å². The average Bonchev–Trinajstić information content (AvgIpc) is 3.00. The van der Waals surface area contributed by atoms with Gasteiger partial charge in [-0.2, -0.15) is 4.39 Å². The molecule has 0 spiro atoms. The van der Waals surface area contributed by atoms with Gasteiger partial charge in [0, 0.05) is 6.42 Å². The lowest BCUT2D eigenvalue weighted by Gasteiger charge is -2.29. The molecule has 2 aliphatic heterocycles. The zero-order valence-electron chi connectivity index (χ0n) is 14.4. The standard InChI is InChI=1S/C15H22FN2O7P/c1-2-3-4-5-6-22-26(21)23-9-12-11(25-26)7-13(24-12)18-8-10(16)14(19)17-15(18)20/h8,11-13H,2-7,9H2,1H3,(H,17,19,20)/t11-,12+,13+,26?/m0/s1. The summed E-state index contributed by atoms with van der Waals surface area (Å²) in [5.41, 5.74) is -1.89. The minimum Gasteiger partial charge on any atom is -0.349 e. The SMILES string of the molecule is CCCCCCOP1(=O)OC[C@H]2O[C@@H](n3cc(F)c(=O)[nH]c3=O)C[C@@H]2O1. The molecule has 2 fully saturated rings. The van der Waals surface area contributed by atoms with E-state index in [9.17, 15) is 18.5 Å². The first-order valence-corrected chi connectivity index (χ1v) is 10.1. The molecule has 2 aliphatic rings. The van der Waals surface area contributed by atoms with Crippen molar-refractivity contribution in [2.45, 2.75) is 57.5 Å². The van der Waals surface area contributed by atoms with Crippen LogP contribution in [0, 0.1) is 5.82 Å². The Bertz CT molecular complexity index is 795. The molecule has 0 radical (unpaired) electrons. The summed E-state index contributed by atoms with van der Waals surface area (Å²) in [6, 6.07) is 0. The van der Waals surface area contributed by atoms with Crippen LogP contribution in [0.15, 0.2) is 15.8 Å². The second-order valence-corrected chi connectivity index (χ2v) is 7.91. The summed E-state index contributed by atoms with van der Waals surface area (Å²) in [5, 5.41) is 0. The van der Waals surface area contributed by atoms with Crippen LogP contribution in [0.3, 0.4) is 0 Å². The number of ether oxygens (including phenoxy) is 1. The number of phosphoric ester groups is 1. The van der Waals surface area contributed by atoms with Crippen molar-refractivity contribution in [3.63, 3.8) is 0 Å². The number of rotatable bonds is 7. The van der Waals surface area contributed by atoms with E-state index in [2.05, 4.69) is 6.92 Å². The summed E-state index contributed by atoms with van der Waals surface area (Å²) >= 11 is 0. The summed E-state index contributed by atoms with van der Waals surface area (Å²) in [5.74, 6) is -1.10. The molecule has 4 atom stereocenters. The molecule has 1 unspecified atom stereocenters. The van der Waals surface area contributed by atoms with Gasteiger partial charge < -0.3 is 4.74 Å². The van der Waals surface area contributed by atoms with Crippen molar-refractivity contribution in [3.8, 4) is 0 Å². The summed E-state index contributed by atoms with van der Waals surface area (Å²) < 4.78 is 48.5. The Morgan fingerprint density at radius 2 is 2.15 bits per heavy atom. The van der Waals surface area contributed by atoms with Gasteiger partial charge in [-0.25, -0.2) is 9.36 Å². The first-order chi connectivity index (χ1) is 12.4. The Morgan fingerprint density at radius 1 is 1.35 bits per heavy atom. The number of H-pyrrole nitrogens is 1. The number of hydrogen-bond acceptors (Lipinski definition) is 7. The fraction of sp³-hybridized carbons (Fsp3) is 0.733. The number of halogens is 1.